The molecule has 1 heterocycles. The summed E-state index contributed by atoms with van der Waals surface area (Å²) in [6.07, 6.45) is -0.416. The second-order valence-corrected chi connectivity index (χ2v) is 8.11. The van der Waals surface area contributed by atoms with Gasteiger partial charge < -0.3 is 19.7 Å². The summed E-state index contributed by atoms with van der Waals surface area (Å²) in [6, 6.07) is 17.0. The number of ether oxygens (including phenoxy) is 2. The van der Waals surface area contributed by atoms with Crippen molar-refractivity contribution in [1.29, 1.82) is 0 Å². The third kappa shape index (κ3) is 7.20. The Morgan fingerprint density at radius 3 is 2.39 bits per heavy atom. The predicted molar refractivity (Wildman–Crippen MR) is 130 cm³/mol. The minimum absolute atomic E-state index is 0.0116. The van der Waals surface area contributed by atoms with Gasteiger partial charge >= 0.3 is 12.1 Å². The molecule has 3 rings (SSSR count). The lowest BCUT2D eigenvalue weighted by Crippen LogP contribution is -2.49. The zero-order chi connectivity index (χ0) is 23.6. The Balaban J connectivity index is 1.68. The third-order valence-corrected chi connectivity index (χ3v) is 5.66. The number of carbonyl (C=O) groups is 2. The number of morpholine rings is 1. The van der Waals surface area contributed by atoms with E-state index in [1.807, 2.05) is 35.2 Å². The van der Waals surface area contributed by atoms with Gasteiger partial charge in [-0.15, -0.1) is 0 Å². The number of anilines is 2. The molecule has 2 aromatic rings. The van der Waals surface area contributed by atoms with E-state index in [0.717, 1.165) is 38.4 Å². The number of rotatable bonds is 8. The molecule has 8 nitrogen and oxygen atoms in total. The van der Waals surface area contributed by atoms with Crippen LogP contribution in [0.25, 0.3) is 0 Å². The predicted octanol–water partition coefficient (Wildman–Crippen LogP) is 4.03. The molecule has 1 aliphatic heterocycles. The summed E-state index contributed by atoms with van der Waals surface area (Å²) in [4.78, 5) is 30.9. The molecule has 0 bridgehead atoms. The van der Waals surface area contributed by atoms with Crippen LogP contribution in [0.2, 0.25) is 0 Å². The van der Waals surface area contributed by atoms with E-state index in [-0.39, 0.29) is 12.1 Å². The van der Waals surface area contributed by atoms with Crippen molar-refractivity contribution in [2.45, 2.75) is 26.4 Å². The molecule has 2 aromatic carbocycles. The van der Waals surface area contributed by atoms with Crippen LogP contribution in [-0.4, -0.2) is 74.5 Å². The fraction of sp³-hybridized carbons (Fsp3) is 0.440. The number of benzene rings is 2. The molecular formula is C25H34N4O4. The zero-order valence-electron chi connectivity index (χ0n) is 19.7. The number of hydrogen-bond acceptors (Lipinski definition) is 5. The summed E-state index contributed by atoms with van der Waals surface area (Å²) >= 11 is 0. The molecule has 8 heteroatoms. The number of hydrogen-bond donors (Lipinski definition) is 1. The van der Waals surface area contributed by atoms with Crippen molar-refractivity contribution < 1.29 is 19.1 Å². The first-order valence-electron chi connectivity index (χ1n) is 11.4. The summed E-state index contributed by atoms with van der Waals surface area (Å²) in [7, 11) is 1.65. The molecule has 1 N–H and O–H groups in total. The maximum atomic E-state index is 13.3. The highest BCUT2D eigenvalue weighted by Crippen LogP contribution is 2.19. The van der Waals surface area contributed by atoms with Crippen LogP contribution >= 0.6 is 0 Å². The summed E-state index contributed by atoms with van der Waals surface area (Å²) in [5.74, 6) is 0. The lowest BCUT2D eigenvalue weighted by atomic mass is 10.1. The highest BCUT2D eigenvalue weighted by Gasteiger charge is 2.24. The van der Waals surface area contributed by atoms with E-state index in [0.29, 0.717) is 24.5 Å². The normalized spacial score (nSPS) is 14.9. The van der Waals surface area contributed by atoms with Crippen molar-refractivity contribution >= 4 is 23.5 Å². The molecule has 0 saturated carbocycles. The third-order valence-electron chi connectivity index (χ3n) is 5.66. The van der Waals surface area contributed by atoms with E-state index in [1.165, 1.54) is 4.90 Å². The van der Waals surface area contributed by atoms with Crippen molar-refractivity contribution in [2.75, 3.05) is 56.7 Å². The fourth-order valence-corrected chi connectivity index (χ4v) is 3.75. The minimum Gasteiger partial charge on any atom is -0.449 e. The molecule has 3 amide bonds. The van der Waals surface area contributed by atoms with Gasteiger partial charge in [-0.05, 0) is 43.7 Å². The van der Waals surface area contributed by atoms with Crippen molar-refractivity contribution in [3.05, 3.63) is 60.2 Å². The molecule has 0 aromatic heterocycles. The number of nitrogens with one attached hydrogen (secondary N) is 1. The molecule has 1 atom stereocenters. The van der Waals surface area contributed by atoms with E-state index >= 15 is 0 Å². The van der Waals surface area contributed by atoms with Gasteiger partial charge in [-0.2, -0.15) is 0 Å². The number of amides is 3. The Kier molecular flexibility index (Phi) is 9.09. The zero-order valence-corrected chi connectivity index (χ0v) is 19.7. The second kappa shape index (κ2) is 12.2. The standard InChI is InChI=1S/C25H34N4O4/c1-4-33-25(31)27(3)23-12-10-22(11-13-23)26-24(30)29(19-21-8-6-5-7-9-21)20(2)18-28-14-16-32-17-15-28/h5-13,20H,4,14-19H2,1-3H3,(H,26,30)/t20-/m0/s1. The van der Waals surface area contributed by atoms with Crippen LogP contribution in [0.4, 0.5) is 21.0 Å². The second-order valence-electron chi connectivity index (χ2n) is 8.11. The SMILES string of the molecule is CCOC(=O)N(C)c1ccc(NC(=O)N(Cc2ccccc2)[C@@H](C)CN2CCOCC2)cc1. The van der Waals surface area contributed by atoms with Crippen LogP contribution in [-0.2, 0) is 16.0 Å². The van der Waals surface area contributed by atoms with Crippen molar-refractivity contribution in [3.63, 3.8) is 0 Å². The average molecular weight is 455 g/mol. The lowest BCUT2D eigenvalue weighted by Gasteiger charge is -2.35. The molecule has 33 heavy (non-hydrogen) atoms. The highest BCUT2D eigenvalue weighted by molar-refractivity contribution is 5.91. The van der Waals surface area contributed by atoms with Gasteiger partial charge in [0.15, 0.2) is 0 Å². The van der Waals surface area contributed by atoms with E-state index in [4.69, 9.17) is 9.47 Å². The first-order valence-corrected chi connectivity index (χ1v) is 11.4. The van der Waals surface area contributed by atoms with E-state index in [2.05, 4.69) is 17.1 Å². The Bertz CT molecular complexity index is 885. The van der Waals surface area contributed by atoms with Crippen molar-refractivity contribution in [3.8, 4) is 0 Å². The van der Waals surface area contributed by atoms with Gasteiger partial charge in [0.25, 0.3) is 0 Å². The molecule has 0 aliphatic carbocycles. The lowest BCUT2D eigenvalue weighted by molar-refractivity contribution is 0.0277. The van der Waals surface area contributed by atoms with Crippen LogP contribution in [0.15, 0.2) is 54.6 Å². The Labute approximate surface area is 196 Å². The summed E-state index contributed by atoms with van der Waals surface area (Å²) in [6.45, 7) is 8.67. The summed E-state index contributed by atoms with van der Waals surface area (Å²) in [5, 5.41) is 3.01. The topological polar surface area (TPSA) is 74.4 Å². The molecule has 1 saturated heterocycles. The molecule has 178 valence electrons. The van der Waals surface area contributed by atoms with Gasteiger partial charge in [-0.25, -0.2) is 9.59 Å². The molecule has 0 spiro atoms. The summed E-state index contributed by atoms with van der Waals surface area (Å²) < 4.78 is 10.5. The molecule has 0 radical (unpaired) electrons. The van der Waals surface area contributed by atoms with Crippen LogP contribution in [0.5, 0.6) is 0 Å². The van der Waals surface area contributed by atoms with Gasteiger partial charge in [-0.3, -0.25) is 9.80 Å². The first-order chi connectivity index (χ1) is 16.0. The molecular weight excluding hydrogens is 420 g/mol. The van der Waals surface area contributed by atoms with Gasteiger partial charge in [0.05, 0.1) is 19.8 Å². The molecule has 1 aliphatic rings. The Hall–Kier alpha value is -3.10. The van der Waals surface area contributed by atoms with Gasteiger partial charge in [-0.1, -0.05) is 30.3 Å². The van der Waals surface area contributed by atoms with E-state index < -0.39 is 6.09 Å². The van der Waals surface area contributed by atoms with Crippen LogP contribution < -0.4 is 10.2 Å². The minimum atomic E-state index is -0.416. The van der Waals surface area contributed by atoms with Crippen LogP contribution in [0.3, 0.4) is 0 Å². The van der Waals surface area contributed by atoms with Gasteiger partial charge in [0, 0.05) is 50.6 Å². The molecule has 0 unspecified atom stereocenters. The monoisotopic (exact) mass is 454 g/mol. The fourth-order valence-electron chi connectivity index (χ4n) is 3.75. The number of nitrogens with zero attached hydrogens (tertiary/aromatic N) is 3. The van der Waals surface area contributed by atoms with E-state index in [1.54, 1.807) is 38.2 Å². The molecule has 1 fully saturated rings. The summed E-state index contributed by atoms with van der Waals surface area (Å²) in [5.41, 5.74) is 2.43. The largest absolute Gasteiger partial charge is 0.449 e. The maximum Gasteiger partial charge on any atom is 0.413 e. The van der Waals surface area contributed by atoms with Crippen molar-refractivity contribution in [1.82, 2.24) is 9.80 Å². The van der Waals surface area contributed by atoms with Gasteiger partial charge in [0.1, 0.15) is 0 Å². The van der Waals surface area contributed by atoms with Crippen molar-refractivity contribution in [2.24, 2.45) is 0 Å². The number of urea groups is 1. The average Bonchev–Trinajstić information content (AvgIpc) is 2.84. The van der Waals surface area contributed by atoms with Gasteiger partial charge in [0.2, 0.25) is 0 Å². The smallest absolute Gasteiger partial charge is 0.413 e. The number of carbonyl (C=O) groups excluding carboxylic acids is 2. The van der Waals surface area contributed by atoms with E-state index in [9.17, 15) is 9.59 Å². The first kappa shape index (κ1) is 24.5. The Morgan fingerprint density at radius 2 is 1.76 bits per heavy atom. The maximum absolute atomic E-state index is 13.3. The highest BCUT2D eigenvalue weighted by atomic mass is 16.6. The Morgan fingerprint density at radius 1 is 1.09 bits per heavy atom. The van der Waals surface area contributed by atoms with Crippen LogP contribution in [0, 0.1) is 0 Å². The van der Waals surface area contributed by atoms with Crippen LogP contribution in [0.1, 0.15) is 19.4 Å². The quantitative estimate of drug-likeness (QED) is 0.652.